The number of nitrogens with one attached hydrogen (secondary N) is 1. The van der Waals surface area contributed by atoms with E-state index in [1.807, 2.05) is 48.7 Å². The molecule has 2 aromatic carbocycles. The Labute approximate surface area is 159 Å². The zero-order valence-corrected chi connectivity index (χ0v) is 15.4. The van der Waals surface area contributed by atoms with E-state index < -0.39 is 0 Å². The van der Waals surface area contributed by atoms with Crippen LogP contribution in [0.25, 0.3) is 0 Å². The Balaban J connectivity index is 1.68. The van der Waals surface area contributed by atoms with E-state index in [2.05, 4.69) is 35.4 Å². The SMILES string of the molecule is CCCc1cc(C(=S)NC2c3ccccc3Oc3ccccc32)ccn1. The first kappa shape index (κ1) is 16.7. The molecule has 1 aliphatic rings. The Morgan fingerprint density at radius 1 is 1.04 bits per heavy atom. The van der Waals surface area contributed by atoms with Crippen molar-refractivity contribution in [1.29, 1.82) is 0 Å². The number of hydrogen-bond acceptors (Lipinski definition) is 3. The lowest BCUT2D eigenvalue weighted by Gasteiger charge is -2.29. The van der Waals surface area contributed by atoms with Crippen LogP contribution in [0.2, 0.25) is 0 Å². The third kappa shape index (κ3) is 3.20. The topological polar surface area (TPSA) is 34.1 Å². The van der Waals surface area contributed by atoms with Gasteiger partial charge in [0.2, 0.25) is 0 Å². The summed E-state index contributed by atoms with van der Waals surface area (Å²) in [5, 5.41) is 3.54. The minimum Gasteiger partial charge on any atom is -0.457 e. The maximum Gasteiger partial charge on any atom is 0.133 e. The van der Waals surface area contributed by atoms with Gasteiger partial charge in [-0.1, -0.05) is 62.0 Å². The Hall–Kier alpha value is -2.72. The second-order valence-electron chi connectivity index (χ2n) is 6.37. The van der Waals surface area contributed by atoms with Crippen LogP contribution in [0.4, 0.5) is 0 Å². The molecule has 1 N–H and O–H groups in total. The molecular formula is C22H20N2OS. The Kier molecular flexibility index (Phi) is 4.67. The molecule has 0 aliphatic carbocycles. The van der Waals surface area contributed by atoms with Crippen LogP contribution < -0.4 is 10.1 Å². The van der Waals surface area contributed by atoms with Gasteiger partial charge in [0, 0.05) is 28.6 Å². The summed E-state index contributed by atoms with van der Waals surface area (Å²) in [4.78, 5) is 5.15. The number of aromatic nitrogens is 1. The molecule has 4 heteroatoms. The van der Waals surface area contributed by atoms with Crippen LogP contribution in [0.5, 0.6) is 11.5 Å². The number of aryl methyl sites for hydroxylation is 1. The smallest absolute Gasteiger partial charge is 0.133 e. The molecule has 3 aromatic rings. The Bertz CT molecular complexity index is 909. The van der Waals surface area contributed by atoms with Gasteiger partial charge in [0.25, 0.3) is 0 Å². The number of ether oxygens (including phenoxy) is 1. The predicted octanol–water partition coefficient (Wildman–Crippen LogP) is 5.19. The van der Waals surface area contributed by atoms with Crippen molar-refractivity contribution in [3.05, 3.63) is 89.2 Å². The van der Waals surface area contributed by atoms with Crippen molar-refractivity contribution in [2.75, 3.05) is 0 Å². The second-order valence-corrected chi connectivity index (χ2v) is 6.78. The summed E-state index contributed by atoms with van der Waals surface area (Å²) < 4.78 is 6.05. The number of fused-ring (bicyclic) bond motifs is 2. The molecule has 0 saturated carbocycles. The first-order valence-corrected chi connectivity index (χ1v) is 9.28. The molecule has 3 nitrogen and oxygen atoms in total. The Morgan fingerprint density at radius 2 is 1.69 bits per heavy atom. The largest absolute Gasteiger partial charge is 0.457 e. The van der Waals surface area contributed by atoms with Gasteiger partial charge in [-0.05, 0) is 30.7 Å². The summed E-state index contributed by atoms with van der Waals surface area (Å²) >= 11 is 5.72. The molecular weight excluding hydrogens is 340 g/mol. The number of thiocarbonyl (C=S) groups is 1. The lowest BCUT2D eigenvalue weighted by molar-refractivity contribution is 0.441. The summed E-state index contributed by atoms with van der Waals surface area (Å²) in [6.07, 6.45) is 3.86. The molecule has 0 atom stereocenters. The lowest BCUT2D eigenvalue weighted by atomic mass is 9.94. The van der Waals surface area contributed by atoms with Gasteiger partial charge < -0.3 is 10.1 Å². The number of para-hydroxylation sites is 2. The Morgan fingerprint density at radius 3 is 2.35 bits per heavy atom. The molecule has 26 heavy (non-hydrogen) atoms. The summed E-state index contributed by atoms with van der Waals surface area (Å²) in [7, 11) is 0. The van der Waals surface area contributed by atoms with Crippen LogP contribution in [0, 0.1) is 0 Å². The van der Waals surface area contributed by atoms with E-state index in [1.54, 1.807) is 0 Å². The quantitative estimate of drug-likeness (QED) is 0.649. The van der Waals surface area contributed by atoms with Gasteiger partial charge in [-0.2, -0.15) is 0 Å². The minimum atomic E-state index is -0.0357. The predicted molar refractivity (Wildman–Crippen MR) is 108 cm³/mol. The standard InChI is InChI=1S/C22H20N2OS/c1-2-7-16-14-15(12-13-23-16)22(26)24-21-17-8-3-5-10-19(17)25-20-11-6-4-9-18(20)21/h3-6,8-14,21H,2,7H2,1H3,(H,24,26). The summed E-state index contributed by atoms with van der Waals surface area (Å²) in [5.41, 5.74) is 4.26. The number of benzene rings is 2. The van der Waals surface area contributed by atoms with Gasteiger partial charge >= 0.3 is 0 Å². The highest BCUT2D eigenvalue weighted by Gasteiger charge is 2.27. The van der Waals surface area contributed by atoms with Crippen LogP contribution in [-0.2, 0) is 6.42 Å². The molecule has 0 radical (unpaired) electrons. The maximum absolute atomic E-state index is 6.05. The number of hydrogen-bond donors (Lipinski definition) is 1. The van der Waals surface area contributed by atoms with E-state index >= 15 is 0 Å². The van der Waals surface area contributed by atoms with Crippen molar-refractivity contribution in [1.82, 2.24) is 10.3 Å². The molecule has 0 bridgehead atoms. The fraction of sp³-hybridized carbons (Fsp3) is 0.182. The molecule has 4 rings (SSSR count). The fourth-order valence-corrected chi connectivity index (χ4v) is 3.54. The van der Waals surface area contributed by atoms with Gasteiger partial charge in [-0.25, -0.2) is 0 Å². The second kappa shape index (κ2) is 7.26. The molecule has 2 heterocycles. The first-order valence-electron chi connectivity index (χ1n) is 8.87. The van der Waals surface area contributed by atoms with Crippen LogP contribution in [-0.4, -0.2) is 9.97 Å². The molecule has 0 amide bonds. The number of nitrogens with zero attached hydrogens (tertiary/aromatic N) is 1. The van der Waals surface area contributed by atoms with Crippen LogP contribution in [0.1, 0.15) is 41.8 Å². The van der Waals surface area contributed by atoms with Gasteiger partial charge in [0.1, 0.15) is 16.5 Å². The molecule has 130 valence electrons. The van der Waals surface area contributed by atoms with E-state index in [-0.39, 0.29) is 6.04 Å². The van der Waals surface area contributed by atoms with Crippen molar-refractivity contribution in [2.45, 2.75) is 25.8 Å². The third-order valence-electron chi connectivity index (χ3n) is 4.54. The fourth-order valence-electron chi connectivity index (χ4n) is 3.29. The molecule has 0 saturated heterocycles. The van der Waals surface area contributed by atoms with Gasteiger partial charge in [0.05, 0.1) is 6.04 Å². The van der Waals surface area contributed by atoms with Gasteiger partial charge in [0.15, 0.2) is 0 Å². The summed E-state index contributed by atoms with van der Waals surface area (Å²) in [5.74, 6) is 1.74. The van der Waals surface area contributed by atoms with Crippen molar-refractivity contribution >= 4 is 17.2 Å². The van der Waals surface area contributed by atoms with Crippen LogP contribution in [0.15, 0.2) is 66.9 Å². The zero-order chi connectivity index (χ0) is 17.9. The highest BCUT2D eigenvalue weighted by molar-refractivity contribution is 7.80. The summed E-state index contributed by atoms with van der Waals surface area (Å²) in [6, 6.07) is 20.2. The average Bonchev–Trinajstić information content (AvgIpc) is 2.68. The highest BCUT2D eigenvalue weighted by Crippen LogP contribution is 2.42. The van der Waals surface area contributed by atoms with E-state index in [1.165, 1.54) is 0 Å². The van der Waals surface area contributed by atoms with E-state index in [4.69, 9.17) is 17.0 Å². The maximum atomic E-state index is 6.05. The normalized spacial score (nSPS) is 12.7. The molecule has 0 fully saturated rings. The van der Waals surface area contributed by atoms with Crippen molar-refractivity contribution in [2.24, 2.45) is 0 Å². The summed E-state index contributed by atoms with van der Waals surface area (Å²) in [6.45, 7) is 2.15. The monoisotopic (exact) mass is 360 g/mol. The highest BCUT2D eigenvalue weighted by atomic mass is 32.1. The molecule has 1 aliphatic heterocycles. The van der Waals surface area contributed by atoms with Crippen molar-refractivity contribution < 1.29 is 4.74 Å². The lowest BCUT2D eigenvalue weighted by Crippen LogP contribution is -2.30. The number of pyridine rings is 1. The van der Waals surface area contributed by atoms with E-state index in [0.717, 1.165) is 51.7 Å². The molecule has 0 unspecified atom stereocenters. The van der Waals surface area contributed by atoms with Crippen molar-refractivity contribution in [3.63, 3.8) is 0 Å². The minimum absolute atomic E-state index is 0.0357. The van der Waals surface area contributed by atoms with Crippen LogP contribution >= 0.6 is 12.2 Å². The van der Waals surface area contributed by atoms with Crippen LogP contribution in [0.3, 0.4) is 0 Å². The zero-order valence-electron chi connectivity index (χ0n) is 14.6. The average molecular weight is 360 g/mol. The van der Waals surface area contributed by atoms with Crippen molar-refractivity contribution in [3.8, 4) is 11.5 Å². The first-order chi connectivity index (χ1) is 12.8. The van der Waals surface area contributed by atoms with Gasteiger partial charge in [-0.3, -0.25) is 4.98 Å². The number of rotatable bonds is 4. The van der Waals surface area contributed by atoms with E-state index in [9.17, 15) is 0 Å². The third-order valence-corrected chi connectivity index (χ3v) is 4.89. The molecule has 1 aromatic heterocycles. The van der Waals surface area contributed by atoms with Gasteiger partial charge in [-0.15, -0.1) is 0 Å². The molecule has 0 spiro atoms. The van der Waals surface area contributed by atoms with E-state index in [0.29, 0.717) is 0 Å².